The molecule has 1 aliphatic heterocycles. The second-order valence-electron chi connectivity index (χ2n) is 6.90. The van der Waals surface area contributed by atoms with E-state index in [9.17, 15) is 14.4 Å². The lowest BCUT2D eigenvalue weighted by atomic mass is 10.1. The van der Waals surface area contributed by atoms with Gasteiger partial charge in [-0.1, -0.05) is 42.5 Å². The molecule has 0 radical (unpaired) electrons. The van der Waals surface area contributed by atoms with Gasteiger partial charge in [-0.05, 0) is 41.5 Å². The number of carbonyl (C=O) groups is 3. The third-order valence-corrected chi connectivity index (χ3v) is 5.14. The van der Waals surface area contributed by atoms with E-state index in [4.69, 9.17) is 0 Å². The molecule has 0 bridgehead atoms. The first-order chi connectivity index (χ1) is 13.6. The molecule has 3 aromatic carbocycles. The number of benzene rings is 3. The molecule has 0 saturated heterocycles. The lowest BCUT2D eigenvalue weighted by Gasteiger charge is -2.19. The summed E-state index contributed by atoms with van der Waals surface area (Å²) >= 11 is 0. The number of anilines is 1. The molecule has 140 valence electrons. The Kier molecular flexibility index (Phi) is 4.65. The molecular weight excluding hydrogens is 352 g/mol. The third kappa shape index (κ3) is 3.16. The zero-order valence-corrected chi connectivity index (χ0v) is 15.6. The van der Waals surface area contributed by atoms with E-state index in [1.54, 1.807) is 36.2 Å². The summed E-state index contributed by atoms with van der Waals surface area (Å²) in [7, 11) is 1.74. The maximum atomic E-state index is 12.6. The fourth-order valence-electron chi connectivity index (χ4n) is 3.53. The van der Waals surface area contributed by atoms with Crippen molar-refractivity contribution in [3.63, 3.8) is 0 Å². The van der Waals surface area contributed by atoms with Gasteiger partial charge in [-0.2, -0.15) is 0 Å². The predicted octanol–water partition coefficient (Wildman–Crippen LogP) is 3.88. The molecule has 1 aliphatic rings. The van der Waals surface area contributed by atoms with Crippen molar-refractivity contribution in [1.29, 1.82) is 0 Å². The van der Waals surface area contributed by atoms with E-state index >= 15 is 0 Å². The first kappa shape index (κ1) is 17.9. The van der Waals surface area contributed by atoms with Gasteiger partial charge in [-0.15, -0.1) is 0 Å². The van der Waals surface area contributed by atoms with Crippen molar-refractivity contribution in [3.8, 4) is 0 Å². The number of hydrogen-bond acceptors (Lipinski definition) is 3. The lowest BCUT2D eigenvalue weighted by molar-refractivity contribution is -0.118. The number of rotatable bonds is 5. The summed E-state index contributed by atoms with van der Waals surface area (Å²) in [5, 5.41) is 2.20. The molecule has 0 N–H and O–H groups in total. The van der Waals surface area contributed by atoms with Crippen molar-refractivity contribution in [2.45, 2.75) is 12.8 Å². The minimum absolute atomic E-state index is 0.0492. The van der Waals surface area contributed by atoms with Gasteiger partial charge < -0.3 is 4.90 Å². The number of fused-ring (bicyclic) bond motifs is 2. The van der Waals surface area contributed by atoms with Gasteiger partial charge >= 0.3 is 0 Å². The average molecular weight is 372 g/mol. The minimum Gasteiger partial charge on any atom is -0.315 e. The number of amides is 3. The Bertz CT molecular complexity index is 1050. The summed E-state index contributed by atoms with van der Waals surface area (Å²) < 4.78 is 0. The van der Waals surface area contributed by atoms with Crippen LogP contribution in [0.1, 0.15) is 33.6 Å². The Morgan fingerprint density at radius 1 is 0.857 bits per heavy atom. The van der Waals surface area contributed by atoms with E-state index in [1.807, 2.05) is 42.5 Å². The normalized spacial score (nSPS) is 13.1. The van der Waals surface area contributed by atoms with Gasteiger partial charge in [-0.25, -0.2) is 0 Å². The quantitative estimate of drug-likeness (QED) is 0.639. The van der Waals surface area contributed by atoms with Gasteiger partial charge in [0.05, 0.1) is 11.1 Å². The second-order valence-corrected chi connectivity index (χ2v) is 6.90. The molecule has 0 atom stereocenters. The molecule has 0 saturated carbocycles. The zero-order valence-electron chi connectivity index (χ0n) is 15.6. The van der Waals surface area contributed by atoms with Crippen molar-refractivity contribution in [1.82, 2.24) is 4.90 Å². The molecule has 3 amide bonds. The van der Waals surface area contributed by atoms with E-state index in [0.29, 0.717) is 17.5 Å². The molecule has 3 aromatic rings. The van der Waals surface area contributed by atoms with Crippen LogP contribution in [0.4, 0.5) is 5.69 Å². The average Bonchev–Trinajstić information content (AvgIpc) is 2.98. The highest BCUT2D eigenvalue weighted by molar-refractivity contribution is 6.21. The number of nitrogens with zero attached hydrogens (tertiary/aromatic N) is 2. The van der Waals surface area contributed by atoms with Crippen LogP contribution in [0, 0.1) is 0 Å². The minimum atomic E-state index is -0.282. The number of hydrogen-bond donors (Lipinski definition) is 0. The van der Waals surface area contributed by atoms with Crippen LogP contribution in [-0.4, -0.2) is 36.2 Å². The van der Waals surface area contributed by atoms with E-state index in [2.05, 4.69) is 0 Å². The molecule has 0 unspecified atom stereocenters. The second kappa shape index (κ2) is 7.27. The molecule has 0 aromatic heterocycles. The molecule has 1 heterocycles. The SMILES string of the molecule is CN(C(=O)CCCN1C(=O)c2ccccc2C1=O)c1ccc2ccccc2c1. The van der Waals surface area contributed by atoms with Crippen molar-refractivity contribution in [3.05, 3.63) is 77.9 Å². The molecular formula is C23H20N2O3. The molecule has 0 aliphatic carbocycles. The van der Waals surface area contributed by atoms with Gasteiger partial charge in [0.25, 0.3) is 11.8 Å². The first-order valence-electron chi connectivity index (χ1n) is 9.27. The van der Waals surface area contributed by atoms with Crippen molar-refractivity contribution < 1.29 is 14.4 Å². The van der Waals surface area contributed by atoms with Crippen molar-refractivity contribution in [2.24, 2.45) is 0 Å². The standard InChI is InChI=1S/C23H20N2O3/c1-24(18-13-12-16-7-2-3-8-17(16)15-18)21(26)11-6-14-25-22(27)19-9-4-5-10-20(19)23(25)28/h2-5,7-10,12-13,15H,6,11,14H2,1H3. The molecule has 5 heteroatoms. The summed E-state index contributed by atoms with van der Waals surface area (Å²) in [6.45, 7) is 0.240. The molecule has 28 heavy (non-hydrogen) atoms. The van der Waals surface area contributed by atoms with Gasteiger partial charge in [0.15, 0.2) is 0 Å². The fraction of sp³-hybridized carbons (Fsp3) is 0.174. The lowest BCUT2D eigenvalue weighted by Crippen LogP contribution is -2.32. The Balaban J connectivity index is 1.38. The van der Waals surface area contributed by atoms with Gasteiger partial charge in [0.1, 0.15) is 0 Å². The maximum absolute atomic E-state index is 12.6. The van der Waals surface area contributed by atoms with Crippen LogP contribution in [0.2, 0.25) is 0 Å². The highest BCUT2D eigenvalue weighted by Crippen LogP contribution is 2.24. The Morgan fingerprint density at radius 3 is 2.14 bits per heavy atom. The van der Waals surface area contributed by atoms with Crippen LogP contribution in [0.25, 0.3) is 10.8 Å². The van der Waals surface area contributed by atoms with Crippen LogP contribution in [0.3, 0.4) is 0 Å². The monoisotopic (exact) mass is 372 g/mol. The highest BCUT2D eigenvalue weighted by atomic mass is 16.2. The van der Waals surface area contributed by atoms with Gasteiger partial charge in [0, 0.05) is 25.7 Å². The van der Waals surface area contributed by atoms with E-state index in [1.165, 1.54) is 4.90 Å². The zero-order chi connectivity index (χ0) is 19.7. The van der Waals surface area contributed by atoms with E-state index in [0.717, 1.165) is 16.5 Å². The van der Waals surface area contributed by atoms with E-state index < -0.39 is 0 Å². The number of imide groups is 1. The Morgan fingerprint density at radius 2 is 1.46 bits per heavy atom. The summed E-state index contributed by atoms with van der Waals surface area (Å²) in [4.78, 5) is 40.2. The Labute approximate surface area is 163 Å². The third-order valence-electron chi connectivity index (χ3n) is 5.14. The molecule has 5 nitrogen and oxygen atoms in total. The Hall–Kier alpha value is -3.47. The molecule has 0 fully saturated rings. The fourth-order valence-corrected chi connectivity index (χ4v) is 3.53. The summed E-state index contributed by atoms with van der Waals surface area (Å²) in [6, 6.07) is 20.7. The van der Waals surface area contributed by atoms with Crippen LogP contribution < -0.4 is 4.90 Å². The molecule has 0 spiro atoms. The predicted molar refractivity (Wildman–Crippen MR) is 108 cm³/mol. The van der Waals surface area contributed by atoms with Crippen LogP contribution in [0.5, 0.6) is 0 Å². The summed E-state index contributed by atoms with van der Waals surface area (Å²) in [6.07, 6.45) is 0.693. The van der Waals surface area contributed by atoms with Gasteiger partial charge in [0.2, 0.25) is 5.91 Å². The van der Waals surface area contributed by atoms with Crippen LogP contribution in [-0.2, 0) is 4.79 Å². The summed E-state index contributed by atoms with van der Waals surface area (Å²) in [5.74, 6) is -0.612. The first-order valence-corrected chi connectivity index (χ1v) is 9.27. The van der Waals surface area contributed by atoms with Crippen LogP contribution >= 0.6 is 0 Å². The summed E-state index contributed by atoms with van der Waals surface area (Å²) in [5.41, 5.74) is 1.70. The van der Waals surface area contributed by atoms with Crippen molar-refractivity contribution in [2.75, 3.05) is 18.5 Å². The topological polar surface area (TPSA) is 57.7 Å². The van der Waals surface area contributed by atoms with Crippen LogP contribution in [0.15, 0.2) is 66.7 Å². The largest absolute Gasteiger partial charge is 0.315 e. The van der Waals surface area contributed by atoms with E-state index in [-0.39, 0.29) is 30.7 Å². The highest BCUT2D eigenvalue weighted by Gasteiger charge is 2.34. The smallest absolute Gasteiger partial charge is 0.261 e. The molecule has 4 rings (SSSR count). The van der Waals surface area contributed by atoms with Gasteiger partial charge in [-0.3, -0.25) is 19.3 Å². The maximum Gasteiger partial charge on any atom is 0.261 e. The number of carbonyl (C=O) groups excluding carboxylic acids is 3. The van der Waals surface area contributed by atoms with Crippen molar-refractivity contribution >= 4 is 34.2 Å².